The normalized spacial score (nSPS) is 26.9. The molecule has 0 saturated heterocycles. The Labute approximate surface area is 134 Å². The predicted octanol–water partition coefficient (Wildman–Crippen LogP) is 1.70. The fourth-order valence-corrected chi connectivity index (χ4v) is 5.84. The molecule has 3 N–H and O–H groups in total. The monoisotopic (exact) mass is 335 g/mol. The molecule has 4 nitrogen and oxygen atoms in total. The molecule has 1 aliphatic rings. The minimum atomic E-state index is -3.64. The zero-order valence-corrected chi connectivity index (χ0v) is 13.2. The molecule has 2 aromatic rings. The number of hydrogen-bond acceptors (Lipinski definition) is 4. The maximum atomic E-state index is 13.1. The molecule has 0 spiro atoms. The average molecular weight is 335 g/mol. The third-order valence-corrected chi connectivity index (χ3v) is 7.03. The molecule has 3 rings (SSSR count). The Morgan fingerprint density at radius 2 is 1.70 bits per heavy atom. The smallest absolute Gasteiger partial charge is 0.182 e. The molecule has 0 aliphatic heterocycles. The van der Waals surface area contributed by atoms with Crippen LogP contribution in [0.2, 0.25) is 0 Å². The van der Waals surface area contributed by atoms with Gasteiger partial charge in [-0.2, -0.15) is 0 Å². The molecule has 23 heavy (non-hydrogen) atoms. The lowest BCUT2D eigenvalue weighted by molar-refractivity contribution is 0.212. The van der Waals surface area contributed by atoms with Gasteiger partial charge in [-0.05, 0) is 29.8 Å². The van der Waals surface area contributed by atoms with Crippen LogP contribution in [0.4, 0.5) is 4.39 Å². The molecular weight excluding hydrogens is 317 g/mol. The van der Waals surface area contributed by atoms with Crippen molar-refractivity contribution in [3.63, 3.8) is 0 Å². The van der Waals surface area contributed by atoms with Gasteiger partial charge in [0, 0.05) is 17.9 Å². The largest absolute Gasteiger partial charge is 0.396 e. The highest BCUT2D eigenvalue weighted by Gasteiger charge is 2.70. The van der Waals surface area contributed by atoms with Crippen LogP contribution in [0.3, 0.4) is 0 Å². The number of nitrogens with two attached hydrogens (primary N) is 1. The Hall–Kier alpha value is -1.76. The third kappa shape index (κ3) is 2.47. The summed E-state index contributed by atoms with van der Waals surface area (Å²) in [5, 5.41) is 9.00. The van der Waals surface area contributed by atoms with E-state index in [-0.39, 0.29) is 23.9 Å². The number of aliphatic hydroxyl groups excluding tert-OH is 1. The third-order valence-electron chi connectivity index (χ3n) is 4.69. The Morgan fingerprint density at radius 1 is 1.09 bits per heavy atom. The van der Waals surface area contributed by atoms with Gasteiger partial charge in [0.2, 0.25) is 0 Å². The lowest BCUT2D eigenvalue weighted by Crippen LogP contribution is -2.27. The van der Waals surface area contributed by atoms with Crippen molar-refractivity contribution in [3.8, 4) is 0 Å². The minimum Gasteiger partial charge on any atom is -0.396 e. The molecule has 2 aromatic carbocycles. The Morgan fingerprint density at radius 3 is 2.22 bits per heavy atom. The fraction of sp³-hybridized carbons (Fsp3) is 0.294. The van der Waals surface area contributed by atoms with E-state index in [0.717, 1.165) is 0 Å². The van der Waals surface area contributed by atoms with Gasteiger partial charge in [-0.25, -0.2) is 12.8 Å². The summed E-state index contributed by atoms with van der Waals surface area (Å²) in [7, 11) is -3.64. The van der Waals surface area contributed by atoms with E-state index in [9.17, 15) is 17.9 Å². The molecular formula is C17H18FNO3S. The van der Waals surface area contributed by atoms with E-state index >= 15 is 0 Å². The molecule has 122 valence electrons. The molecule has 1 aliphatic carbocycles. The summed E-state index contributed by atoms with van der Waals surface area (Å²) in [6.45, 7) is -0.287. The highest BCUT2D eigenvalue weighted by atomic mass is 32.2. The van der Waals surface area contributed by atoms with Gasteiger partial charge >= 0.3 is 0 Å². The van der Waals surface area contributed by atoms with Crippen molar-refractivity contribution in [2.24, 2.45) is 11.1 Å². The number of sulfone groups is 1. The lowest BCUT2D eigenvalue weighted by Gasteiger charge is -2.12. The number of hydrogen-bond donors (Lipinski definition) is 2. The van der Waals surface area contributed by atoms with Gasteiger partial charge in [-0.1, -0.05) is 30.3 Å². The van der Waals surface area contributed by atoms with Crippen LogP contribution in [-0.4, -0.2) is 31.9 Å². The second-order valence-corrected chi connectivity index (χ2v) is 7.97. The maximum Gasteiger partial charge on any atom is 0.182 e. The van der Waals surface area contributed by atoms with Gasteiger partial charge in [-0.15, -0.1) is 0 Å². The highest BCUT2D eigenvalue weighted by molar-refractivity contribution is 7.92. The Bertz CT molecular complexity index is 786. The molecule has 0 bridgehead atoms. The fourth-order valence-electron chi connectivity index (χ4n) is 3.37. The van der Waals surface area contributed by atoms with Crippen molar-refractivity contribution in [1.82, 2.24) is 0 Å². The van der Waals surface area contributed by atoms with E-state index in [1.165, 1.54) is 24.3 Å². The maximum absolute atomic E-state index is 13.1. The second kappa shape index (κ2) is 5.70. The molecule has 0 unspecified atom stereocenters. The van der Waals surface area contributed by atoms with Crippen molar-refractivity contribution in [2.75, 3.05) is 13.2 Å². The number of benzene rings is 2. The molecule has 3 atom stereocenters. The first-order valence-corrected chi connectivity index (χ1v) is 8.87. The summed E-state index contributed by atoms with van der Waals surface area (Å²) in [5.74, 6) is -0.831. The van der Waals surface area contributed by atoms with Crippen molar-refractivity contribution in [1.29, 1.82) is 0 Å². The van der Waals surface area contributed by atoms with Crippen molar-refractivity contribution in [2.45, 2.75) is 16.1 Å². The molecule has 0 heterocycles. The van der Waals surface area contributed by atoms with Crippen LogP contribution in [0.25, 0.3) is 0 Å². The van der Waals surface area contributed by atoms with Gasteiger partial charge in [0.15, 0.2) is 9.84 Å². The highest BCUT2D eigenvalue weighted by Crippen LogP contribution is 2.63. The summed E-state index contributed by atoms with van der Waals surface area (Å²) in [4.78, 5) is 0.209. The summed E-state index contributed by atoms with van der Waals surface area (Å²) >= 11 is 0. The van der Waals surface area contributed by atoms with Crippen LogP contribution in [0.5, 0.6) is 0 Å². The molecule has 0 aromatic heterocycles. The summed E-state index contributed by atoms with van der Waals surface area (Å²) in [6.07, 6.45) is 0. The van der Waals surface area contributed by atoms with Gasteiger partial charge in [0.1, 0.15) is 5.82 Å². The van der Waals surface area contributed by atoms with E-state index in [0.29, 0.717) is 5.56 Å². The number of aliphatic hydroxyl groups is 1. The molecule has 0 radical (unpaired) electrons. The SMILES string of the molecule is NC[C@@]1(CO)[C@H](c2ccc(F)cc2)[C@@H]1S(=O)(=O)c1ccccc1. The first kappa shape index (κ1) is 16.1. The van der Waals surface area contributed by atoms with Crippen LogP contribution in [-0.2, 0) is 9.84 Å². The molecule has 6 heteroatoms. The second-order valence-electron chi connectivity index (χ2n) is 5.90. The van der Waals surface area contributed by atoms with Crippen molar-refractivity contribution in [3.05, 3.63) is 66.0 Å². The van der Waals surface area contributed by atoms with Crippen LogP contribution >= 0.6 is 0 Å². The number of rotatable bonds is 5. The zero-order valence-electron chi connectivity index (χ0n) is 12.4. The summed E-state index contributed by atoms with van der Waals surface area (Å²) < 4.78 is 39.0. The zero-order chi connectivity index (χ0) is 16.7. The quantitative estimate of drug-likeness (QED) is 0.871. The van der Waals surface area contributed by atoms with E-state index in [2.05, 4.69) is 0 Å². The van der Waals surface area contributed by atoms with Crippen LogP contribution < -0.4 is 5.73 Å². The van der Waals surface area contributed by atoms with E-state index < -0.39 is 26.4 Å². The van der Waals surface area contributed by atoms with Crippen molar-refractivity contribution >= 4 is 9.84 Å². The van der Waals surface area contributed by atoms with E-state index in [1.807, 2.05) is 0 Å². The van der Waals surface area contributed by atoms with Gasteiger partial charge in [0.25, 0.3) is 0 Å². The molecule has 0 amide bonds. The van der Waals surface area contributed by atoms with Gasteiger partial charge < -0.3 is 10.8 Å². The van der Waals surface area contributed by atoms with E-state index in [1.54, 1.807) is 30.3 Å². The number of halogens is 1. The van der Waals surface area contributed by atoms with Gasteiger partial charge in [0.05, 0.1) is 16.8 Å². The molecule has 1 saturated carbocycles. The Kier molecular flexibility index (Phi) is 4.00. The van der Waals surface area contributed by atoms with Crippen LogP contribution in [0, 0.1) is 11.2 Å². The topological polar surface area (TPSA) is 80.4 Å². The Balaban J connectivity index is 2.05. The summed E-state index contributed by atoms with van der Waals surface area (Å²) in [6, 6.07) is 13.8. The first-order valence-electron chi connectivity index (χ1n) is 7.33. The van der Waals surface area contributed by atoms with E-state index in [4.69, 9.17) is 5.73 Å². The average Bonchev–Trinajstić information content (AvgIpc) is 3.27. The molecule has 1 fully saturated rings. The minimum absolute atomic E-state index is 0.0439. The predicted molar refractivity (Wildman–Crippen MR) is 85.1 cm³/mol. The van der Waals surface area contributed by atoms with Crippen molar-refractivity contribution < 1.29 is 17.9 Å². The first-order chi connectivity index (χ1) is 11.0. The van der Waals surface area contributed by atoms with Crippen LogP contribution in [0.15, 0.2) is 59.5 Å². The van der Waals surface area contributed by atoms with Crippen LogP contribution in [0.1, 0.15) is 11.5 Å². The summed E-state index contributed by atoms with van der Waals surface area (Å²) in [5.41, 5.74) is 5.56. The van der Waals surface area contributed by atoms with Gasteiger partial charge in [-0.3, -0.25) is 0 Å². The standard InChI is InChI=1S/C17H18FNO3S/c18-13-8-6-12(7-9-13)15-16(17(15,10-19)11-20)23(21,22)14-4-2-1-3-5-14/h1-9,15-16,20H,10-11,19H2/t15-,16+,17-/m1/s1. The lowest BCUT2D eigenvalue weighted by atomic mass is 10.0.